The molecule has 14 heavy (non-hydrogen) atoms. The van der Waals surface area contributed by atoms with Gasteiger partial charge in [0.15, 0.2) is 0 Å². The minimum absolute atomic E-state index is 0.0428. The Morgan fingerprint density at radius 3 is 2.93 bits per heavy atom. The number of nitro groups is 1. The summed E-state index contributed by atoms with van der Waals surface area (Å²) in [6.07, 6.45) is 0. The molecule has 9 heteroatoms. The number of nitrogens with one attached hydrogen (secondary N) is 2. The number of nitrogens with zero attached hydrogens (tertiary/aromatic N) is 3. The van der Waals surface area contributed by atoms with Crippen molar-refractivity contribution in [3.63, 3.8) is 0 Å². The Balaban J connectivity index is 2.66. The third kappa shape index (κ3) is 2.23. The average molecular weight is 201 g/mol. The van der Waals surface area contributed by atoms with E-state index < -0.39 is 16.8 Å². The van der Waals surface area contributed by atoms with Gasteiger partial charge in [-0.2, -0.15) is 0 Å². The monoisotopic (exact) mass is 201 g/mol. The first-order chi connectivity index (χ1) is 6.65. The first-order valence-corrected chi connectivity index (χ1v) is 3.61. The van der Waals surface area contributed by atoms with Crippen LogP contribution in [0.25, 0.3) is 0 Å². The van der Waals surface area contributed by atoms with Crippen LogP contribution in [0.5, 0.6) is 0 Å². The molecule has 0 fully saturated rings. The lowest BCUT2D eigenvalue weighted by molar-refractivity contribution is -0.394. The van der Waals surface area contributed by atoms with E-state index >= 15 is 0 Å². The molecule has 0 atom stereocenters. The van der Waals surface area contributed by atoms with Gasteiger partial charge in [-0.25, -0.2) is 0 Å². The van der Waals surface area contributed by atoms with E-state index in [1.807, 2.05) is 5.10 Å². The van der Waals surface area contributed by atoms with Crippen LogP contribution in [0.2, 0.25) is 0 Å². The quantitative estimate of drug-likeness (QED) is 0.398. The molecule has 0 bridgehead atoms. The molecule has 0 aliphatic heterocycles. The fourth-order valence-corrected chi connectivity index (χ4v) is 0.685. The van der Waals surface area contributed by atoms with Crippen molar-refractivity contribution in [3.8, 4) is 0 Å². The van der Waals surface area contributed by atoms with Crippen LogP contribution in [-0.2, 0) is 0 Å². The maximum atomic E-state index is 11.0. The van der Waals surface area contributed by atoms with Crippen molar-refractivity contribution in [2.75, 3.05) is 13.2 Å². The summed E-state index contributed by atoms with van der Waals surface area (Å²) in [5, 5.41) is 26.1. The molecule has 1 aromatic rings. The Kier molecular flexibility index (Phi) is 3.07. The Morgan fingerprint density at radius 2 is 2.43 bits per heavy atom. The Bertz CT molecular complexity index is 348. The molecule has 0 spiro atoms. The first kappa shape index (κ1) is 10.1. The van der Waals surface area contributed by atoms with Crippen molar-refractivity contribution < 1.29 is 14.8 Å². The molecule has 9 nitrogen and oxygen atoms in total. The summed E-state index contributed by atoms with van der Waals surface area (Å²) in [5.41, 5.74) is 0. The van der Waals surface area contributed by atoms with E-state index in [-0.39, 0.29) is 19.0 Å². The molecular weight excluding hydrogens is 194 g/mol. The van der Waals surface area contributed by atoms with Crippen molar-refractivity contribution in [2.45, 2.75) is 0 Å². The summed E-state index contributed by atoms with van der Waals surface area (Å²) >= 11 is 0. The highest BCUT2D eigenvalue weighted by atomic mass is 16.6. The zero-order chi connectivity index (χ0) is 10.6. The normalized spacial score (nSPS) is 9.79. The van der Waals surface area contributed by atoms with E-state index in [1.54, 1.807) is 0 Å². The second-order valence-corrected chi connectivity index (χ2v) is 2.22. The molecule has 0 radical (unpaired) electrons. The van der Waals surface area contributed by atoms with Crippen LogP contribution in [0.4, 0.5) is 5.95 Å². The summed E-state index contributed by atoms with van der Waals surface area (Å²) in [5.74, 6) is -1.60. The minimum Gasteiger partial charge on any atom is -0.395 e. The predicted molar refractivity (Wildman–Crippen MR) is 42.5 cm³/mol. The highest BCUT2D eigenvalue weighted by Crippen LogP contribution is 2.00. The molecule has 3 N–H and O–H groups in total. The Morgan fingerprint density at radius 1 is 1.71 bits per heavy atom. The number of H-pyrrole nitrogens is 1. The average Bonchev–Trinajstić information content (AvgIpc) is 2.62. The molecule has 1 aromatic heterocycles. The fraction of sp³-hybridized carbons (Fsp3) is 0.400. The minimum atomic E-state index is -0.796. The molecule has 0 aliphatic carbocycles. The van der Waals surface area contributed by atoms with Crippen LogP contribution in [0, 0.1) is 10.1 Å². The van der Waals surface area contributed by atoms with Gasteiger partial charge < -0.3 is 20.5 Å². The van der Waals surface area contributed by atoms with E-state index in [9.17, 15) is 14.9 Å². The van der Waals surface area contributed by atoms with Crippen LogP contribution >= 0.6 is 0 Å². The maximum absolute atomic E-state index is 11.0. The second kappa shape index (κ2) is 4.28. The van der Waals surface area contributed by atoms with Gasteiger partial charge in [0.2, 0.25) is 0 Å². The SMILES string of the molecule is O=C(NCCO)c1n[nH]c([N+](=O)[O-])n1. The van der Waals surface area contributed by atoms with E-state index in [0.717, 1.165) is 0 Å². The third-order valence-electron chi connectivity index (χ3n) is 1.25. The molecule has 76 valence electrons. The topological polar surface area (TPSA) is 134 Å². The standard InChI is InChI=1S/C5H7N5O4/c11-2-1-6-4(12)3-7-5(9-8-3)10(13)14/h11H,1-2H2,(H,6,12)(H,7,8,9). The Labute approximate surface area is 77.3 Å². The van der Waals surface area contributed by atoms with Crippen LogP contribution < -0.4 is 5.32 Å². The lowest BCUT2D eigenvalue weighted by Gasteiger charge is -1.94. The van der Waals surface area contributed by atoms with Gasteiger partial charge >= 0.3 is 17.7 Å². The van der Waals surface area contributed by atoms with Crippen molar-refractivity contribution in [3.05, 3.63) is 15.9 Å². The first-order valence-electron chi connectivity index (χ1n) is 3.61. The van der Waals surface area contributed by atoms with Crippen molar-refractivity contribution >= 4 is 11.9 Å². The third-order valence-corrected chi connectivity index (χ3v) is 1.25. The van der Waals surface area contributed by atoms with Crippen molar-refractivity contribution in [1.29, 1.82) is 0 Å². The van der Waals surface area contributed by atoms with E-state index in [2.05, 4.69) is 15.4 Å². The van der Waals surface area contributed by atoms with E-state index in [1.165, 1.54) is 0 Å². The van der Waals surface area contributed by atoms with Gasteiger partial charge in [-0.1, -0.05) is 5.10 Å². The molecule has 0 aliphatic rings. The molecule has 0 saturated heterocycles. The zero-order valence-corrected chi connectivity index (χ0v) is 6.93. The summed E-state index contributed by atoms with van der Waals surface area (Å²) in [4.78, 5) is 23.7. The van der Waals surface area contributed by atoms with Gasteiger partial charge in [0, 0.05) is 6.54 Å². The predicted octanol–water partition coefficient (Wildman–Crippen LogP) is -1.56. The summed E-state index contributed by atoms with van der Waals surface area (Å²) in [7, 11) is 0. The lowest BCUT2D eigenvalue weighted by atomic mass is 10.5. The maximum Gasteiger partial charge on any atom is 0.454 e. The van der Waals surface area contributed by atoms with E-state index in [0.29, 0.717) is 0 Å². The number of carbonyl (C=O) groups excluding carboxylic acids is 1. The van der Waals surface area contributed by atoms with Gasteiger partial charge in [-0.05, 0) is 9.91 Å². The number of aliphatic hydroxyl groups excluding tert-OH is 1. The van der Waals surface area contributed by atoms with Crippen molar-refractivity contribution in [1.82, 2.24) is 20.5 Å². The largest absolute Gasteiger partial charge is 0.454 e. The smallest absolute Gasteiger partial charge is 0.395 e. The van der Waals surface area contributed by atoms with Crippen LogP contribution in [0.1, 0.15) is 10.6 Å². The van der Waals surface area contributed by atoms with E-state index in [4.69, 9.17) is 5.11 Å². The van der Waals surface area contributed by atoms with Crippen molar-refractivity contribution in [2.24, 2.45) is 0 Å². The lowest BCUT2D eigenvalue weighted by Crippen LogP contribution is -2.27. The number of rotatable bonds is 4. The highest BCUT2D eigenvalue weighted by Gasteiger charge is 2.19. The summed E-state index contributed by atoms with van der Waals surface area (Å²) < 4.78 is 0. The Hall–Kier alpha value is -2.03. The molecule has 1 rings (SSSR count). The highest BCUT2D eigenvalue weighted by molar-refractivity contribution is 5.90. The molecule has 1 heterocycles. The van der Waals surface area contributed by atoms with Gasteiger partial charge in [-0.3, -0.25) is 4.79 Å². The molecule has 0 saturated carbocycles. The van der Waals surface area contributed by atoms with Gasteiger partial charge in [0.05, 0.1) is 6.61 Å². The number of amides is 1. The number of hydrogen-bond acceptors (Lipinski definition) is 6. The van der Waals surface area contributed by atoms with Crippen LogP contribution in [0.3, 0.4) is 0 Å². The van der Waals surface area contributed by atoms with Gasteiger partial charge in [0.25, 0.3) is 0 Å². The van der Waals surface area contributed by atoms with Gasteiger partial charge in [-0.15, -0.1) is 5.10 Å². The number of aromatic amines is 1. The van der Waals surface area contributed by atoms with Gasteiger partial charge in [0.1, 0.15) is 0 Å². The van der Waals surface area contributed by atoms with Crippen LogP contribution in [-0.4, -0.2) is 44.3 Å². The number of hydrogen-bond donors (Lipinski definition) is 3. The molecular formula is C5H7N5O4. The number of aromatic nitrogens is 3. The molecule has 1 amide bonds. The zero-order valence-electron chi connectivity index (χ0n) is 6.93. The summed E-state index contributed by atoms with van der Waals surface area (Å²) in [6, 6.07) is 0. The molecule has 0 unspecified atom stereocenters. The number of carbonyl (C=O) groups is 1. The van der Waals surface area contributed by atoms with Crippen LogP contribution in [0.15, 0.2) is 0 Å². The molecule has 0 aromatic carbocycles. The second-order valence-electron chi connectivity index (χ2n) is 2.22. The summed E-state index contributed by atoms with van der Waals surface area (Å²) in [6.45, 7) is -0.181. The number of aliphatic hydroxyl groups is 1. The fourth-order valence-electron chi connectivity index (χ4n) is 0.685.